The lowest BCUT2D eigenvalue weighted by atomic mass is 9.96. The quantitative estimate of drug-likeness (QED) is 0.392. The van der Waals surface area contributed by atoms with Gasteiger partial charge >= 0.3 is 0 Å². The standard InChI is InChI=1S/C24H23F2NO2S2/c25-17-5-1-15(2-6-17)21(29)13-14-22-23(16-3-11-20(28)12-4-16)27(24(30)31-22)19-9-7-18(26)8-10-19/h1-12,21-24,28-30H,13-14H2. The van der Waals surface area contributed by atoms with Crippen molar-refractivity contribution in [3.8, 4) is 5.75 Å². The molecule has 3 aromatic rings. The molecule has 1 aliphatic rings. The first-order chi connectivity index (χ1) is 14.9. The minimum atomic E-state index is -0.695. The van der Waals surface area contributed by atoms with Gasteiger partial charge in [0.05, 0.1) is 12.1 Å². The lowest BCUT2D eigenvalue weighted by Crippen LogP contribution is -2.30. The number of rotatable bonds is 6. The van der Waals surface area contributed by atoms with Crippen LogP contribution in [0.1, 0.15) is 36.1 Å². The Morgan fingerprint density at radius 1 is 0.903 bits per heavy atom. The average Bonchev–Trinajstić information content (AvgIpc) is 3.09. The van der Waals surface area contributed by atoms with Gasteiger partial charge in [-0.3, -0.25) is 0 Å². The van der Waals surface area contributed by atoms with Crippen LogP contribution in [-0.4, -0.2) is 20.2 Å². The summed E-state index contributed by atoms with van der Waals surface area (Å²) in [5, 5.41) is 20.4. The highest BCUT2D eigenvalue weighted by atomic mass is 32.2. The number of hydrogen-bond donors (Lipinski definition) is 3. The zero-order valence-electron chi connectivity index (χ0n) is 16.6. The molecular weight excluding hydrogens is 436 g/mol. The van der Waals surface area contributed by atoms with E-state index in [2.05, 4.69) is 4.90 Å². The van der Waals surface area contributed by atoms with Gasteiger partial charge in [0.1, 0.15) is 22.1 Å². The molecule has 0 amide bonds. The minimum absolute atomic E-state index is 0.0704. The molecule has 3 aromatic carbocycles. The van der Waals surface area contributed by atoms with E-state index in [4.69, 9.17) is 12.6 Å². The molecule has 0 aromatic heterocycles. The van der Waals surface area contributed by atoms with Gasteiger partial charge < -0.3 is 15.1 Å². The van der Waals surface area contributed by atoms with Gasteiger partial charge in [-0.15, -0.1) is 24.4 Å². The maximum Gasteiger partial charge on any atom is 0.123 e. The van der Waals surface area contributed by atoms with Crippen molar-refractivity contribution in [2.24, 2.45) is 0 Å². The van der Waals surface area contributed by atoms with E-state index in [1.165, 1.54) is 24.3 Å². The monoisotopic (exact) mass is 459 g/mol. The number of thiol groups is 1. The Kier molecular flexibility index (Phi) is 6.74. The lowest BCUT2D eigenvalue weighted by molar-refractivity contribution is 0.163. The Balaban J connectivity index is 1.58. The van der Waals surface area contributed by atoms with Crippen LogP contribution in [0.15, 0.2) is 72.8 Å². The second-order valence-corrected chi connectivity index (χ2v) is 9.73. The largest absolute Gasteiger partial charge is 0.508 e. The summed E-state index contributed by atoms with van der Waals surface area (Å²) in [5.41, 5.74) is 2.55. The molecule has 7 heteroatoms. The third-order valence-electron chi connectivity index (χ3n) is 5.53. The highest BCUT2D eigenvalue weighted by Crippen LogP contribution is 2.50. The van der Waals surface area contributed by atoms with E-state index < -0.39 is 6.10 Å². The first kappa shape index (κ1) is 22.0. The maximum absolute atomic E-state index is 13.5. The van der Waals surface area contributed by atoms with Crippen molar-refractivity contribution in [1.82, 2.24) is 0 Å². The van der Waals surface area contributed by atoms with Gasteiger partial charge in [0.2, 0.25) is 0 Å². The molecule has 4 rings (SSSR count). The predicted molar refractivity (Wildman–Crippen MR) is 124 cm³/mol. The average molecular weight is 460 g/mol. The molecule has 162 valence electrons. The van der Waals surface area contributed by atoms with Crippen molar-refractivity contribution in [3.63, 3.8) is 0 Å². The number of anilines is 1. The van der Waals surface area contributed by atoms with Crippen molar-refractivity contribution in [3.05, 3.63) is 95.6 Å². The predicted octanol–water partition coefficient (Wildman–Crippen LogP) is 6.06. The smallest absolute Gasteiger partial charge is 0.123 e. The fraction of sp³-hybridized carbons (Fsp3) is 0.250. The molecule has 1 saturated heterocycles. The summed E-state index contributed by atoms with van der Waals surface area (Å²) in [6.07, 6.45) is 0.513. The second kappa shape index (κ2) is 9.51. The molecule has 1 fully saturated rings. The summed E-state index contributed by atoms with van der Waals surface area (Å²) in [6, 6.07) is 19.2. The van der Waals surface area contributed by atoms with Crippen LogP contribution >= 0.6 is 24.4 Å². The van der Waals surface area contributed by atoms with Crippen LogP contribution < -0.4 is 4.90 Å². The van der Waals surface area contributed by atoms with Gasteiger partial charge in [0.25, 0.3) is 0 Å². The molecule has 1 aliphatic heterocycles. The number of phenols is 1. The molecule has 1 heterocycles. The van der Waals surface area contributed by atoms with Crippen molar-refractivity contribution in [2.45, 2.75) is 34.9 Å². The summed E-state index contributed by atoms with van der Waals surface area (Å²) in [4.78, 5) is 2.13. The van der Waals surface area contributed by atoms with Crippen molar-refractivity contribution < 1.29 is 19.0 Å². The van der Waals surface area contributed by atoms with Gasteiger partial charge in [-0.05, 0) is 72.5 Å². The van der Waals surface area contributed by atoms with Gasteiger partial charge in [-0.2, -0.15) is 0 Å². The van der Waals surface area contributed by atoms with Gasteiger partial charge in [0, 0.05) is 10.9 Å². The summed E-state index contributed by atoms with van der Waals surface area (Å²) in [5.74, 6) is -0.442. The normalized spacial score (nSPS) is 21.9. The fourth-order valence-electron chi connectivity index (χ4n) is 3.96. The number of phenolic OH excluding ortho intramolecular Hbond substituents is 1. The number of nitrogens with zero attached hydrogens (tertiary/aromatic N) is 1. The molecule has 0 aliphatic carbocycles. The van der Waals surface area contributed by atoms with E-state index in [1.807, 2.05) is 12.1 Å². The van der Waals surface area contributed by atoms with Crippen LogP contribution in [0, 0.1) is 11.6 Å². The van der Waals surface area contributed by atoms with E-state index in [0.29, 0.717) is 18.4 Å². The highest BCUT2D eigenvalue weighted by Gasteiger charge is 2.41. The van der Waals surface area contributed by atoms with Crippen LogP contribution in [0.4, 0.5) is 14.5 Å². The lowest BCUT2D eigenvalue weighted by Gasteiger charge is -2.31. The van der Waals surface area contributed by atoms with Gasteiger partial charge in [-0.25, -0.2) is 8.78 Å². The topological polar surface area (TPSA) is 43.7 Å². The molecule has 0 bridgehead atoms. The Morgan fingerprint density at radius 3 is 2.10 bits per heavy atom. The van der Waals surface area contributed by atoms with Gasteiger partial charge in [-0.1, -0.05) is 24.3 Å². The summed E-state index contributed by atoms with van der Waals surface area (Å²) >= 11 is 6.46. The molecule has 2 N–H and O–H groups in total. The Labute approximate surface area is 190 Å². The SMILES string of the molecule is Oc1ccc(C2C(CCC(O)c3ccc(F)cc3)SC(S)N2c2ccc(F)cc2)cc1. The number of halogens is 2. The molecule has 3 nitrogen and oxygen atoms in total. The minimum Gasteiger partial charge on any atom is -0.508 e. The Bertz CT molecular complexity index is 1000. The number of hydrogen-bond acceptors (Lipinski definition) is 5. The van der Waals surface area contributed by atoms with Crippen LogP contribution in [0.5, 0.6) is 5.75 Å². The third-order valence-corrected chi connectivity index (χ3v) is 7.45. The van der Waals surface area contributed by atoms with E-state index in [0.717, 1.165) is 11.3 Å². The molecule has 31 heavy (non-hydrogen) atoms. The molecule has 0 radical (unpaired) electrons. The van der Waals surface area contributed by atoms with E-state index in [9.17, 15) is 19.0 Å². The van der Waals surface area contributed by atoms with Crippen LogP contribution in [0.2, 0.25) is 0 Å². The molecule has 0 spiro atoms. The van der Waals surface area contributed by atoms with Gasteiger partial charge in [0.15, 0.2) is 0 Å². The summed E-state index contributed by atoms with van der Waals surface area (Å²) in [7, 11) is 0. The zero-order chi connectivity index (χ0) is 22.0. The molecule has 4 atom stereocenters. The van der Waals surface area contributed by atoms with Crippen molar-refractivity contribution in [1.29, 1.82) is 0 Å². The number of aliphatic hydroxyl groups excluding tert-OH is 1. The first-order valence-electron chi connectivity index (χ1n) is 10.0. The molecule has 4 unspecified atom stereocenters. The Morgan fingerprint density at radius 2 is 1.48 bits per heavy atom. The van der Waals surface area contributed by atoms with Crippen LogP contribution in [-0.2, 0) is 0 Å². The van der Waals surface area contributed by atoms with E-state index >= 15 is 0 Å². The highest BCUT2D eigenvalue weighted by molar-refractivity contribution is 8.11. The van der Waals surface area contributed by atoms with Crippen LogP contribution in [0.3, 0.4) is 0 Å². The Hall–Kier alpha value is -2.22. The van der Waals surface area contributed by atoms with Crippen molar-refractivity contribution in [2.75, 3.05) is 4.90 Å². The van der Waals surface area contributed by atoms with E-state index in [1.54, 1.807) is 48.2 Å². The zero-order valence-corrected chi connectivity index (χ0v) is 18.3. The maximum atomic E-state index is 13.5. The van der Waals surface area contributed by atoms with E-state index in [-0.39, 0.29) is 33.4 Å². The van der Waals surface area contributed by atoms with Crippen molar-refractivity contribution >= 4 is 30.1 Å². The number of benzene rings is 3. The first-order valence-corrected chi connectivity index (χ1v) is 11.5. The number of aliphatic hydroxyl groups is 1. The number of thioether (sulfide) groups is 1. The summed E-state index contributed by atoms with van der Waals surface area (Å²) in [6.45, 7) is 0. The molecular formula is C24H23F2NO2S2. The fourth-order valence-corrected chi connectivity index (χ4v) is 6.11. The number of aromatic hydroxyl groups is 1. The van der Waals surface area contributed by atoms with Crippen LogP contribution in [0.25, 0.3) is 0 Å². The molecule has 0 saturated carbocycles. The summed E-state index contributed by atoms with van der Waals surface area (Å²) < 4.78 is 26.5. The third kappa shape index (κ3) is 5.00. The second-order valence-electron chi connectivity index (χ2n) is 7.57.